The van der Waals surface area contributed by atoms with Gasteiger partial charge in [-0.05, 0) is 55.6 Å². The van der Waals surface area contributed by atoms with Crippen molar-refractivity contribution >= 4 is 15.9 Å². The fraction of sp³-hybridized carbons (Fsp3) is 0.600. The van der Waals surface area contributed by atoms with Crippen molar-refractivity contribution in [1.82, 2.24) is 10.2 Å². The van der Waals surface area contributed by atoms with E-state index in [4.69, 9.17) is 4.42 Å². The van der Waals surface area contributed by atoms with Crippen LogP contribution in [0.5, 0.6) is 0 Å². The highest BCUT2D eigenvalue weighted by atomic mass is 79.9. The van der Waals surface area contributed by atoms with Crippen LogP contribution >= 0.6 is 15.9 Å². The standard InChI is InChI=1S/C10H17BrN2O/c1-13(2)6-3-5-12-8-9-4-7-14-10(9)11/h4,7,12H,3,5-6,8H2,1-2H3. The van der Waals surface area contributed by atoms with Crippen LogP contribution in [-0.2, 0) is 6.54 Å². The first-order valence-electron chi connectivity index (χ1n) is 4.77. The molecule has 0 saturated carbocycles. The number of hydrogen-bond acceptors (Lipinski definition) is 3. The molecule has 1 aromatic heterocycles. The lowest BCUT2D eigenvalue weighted by Crippen LogP contribution is -2.20. The van der Waals surface area contributed by atoms with Gasteiger partial charge in [0.25, 0.3) is 0 Å². The lowest BCUT2D eigenvalue weighted by molar-refractivity contribution is 0.394. The van der Waals surface area contributed by atoms with E-state index in [1.165, 1.54) is 12.0 Å². The van der Waals surface area contributed by atoms with Crippen LogP contribution in [-0.4, -0.2) is 32.1 Å². The molecule has 0 fully saturated rings. The Morgan fingerprint density at radius 3 is 2.86 bits per heavy atom. The quantitative estimate of drug-likeness (QED) is 0.795. The topological polar surface area (TPSA) is 28.4 Å². The van der Waals surface area contributed by atoms with Crippen LogP contribution in [0.3, 0.4) is 0 Å². The summed E-state index contributed by atoms with van der Waals surface area (Å²) in [5, 5.41) is 3.37. The molecule has 0 radical (unpaired) electrons. The van der Waals surface area contributed by atoms with Gasteiger partial charge >= 0.3 is 0 Å². The van der Waals surface area contributed by atoms with Crippen LogP contribution < -0.4 is 5.32 Å². The molecule has 80 valence electrons. The summed E-state index contributed by atoms with van der Waals surface area (Å²) in [6.45, 7) is 3.03. The van der Waals surface area contributed by atoms with Crippen LogP contribution in [0.2, 0.25) is 0 Å². The summed E-state index contributed by atoms with van der Waals surface area (Å²) in [5.41, 5.74) is 1.18. The van der Waals surface area contributed by atoms with Crippen molar-refractivity contribution in [3.63, 3.8) is 0 Å². The van der Waals surface area contributed by atoms with Crippen molar-refractivity contribution < 1.29 is 4.42 Å². The van der Waals surface area contributed by atoms with Crippen molar-refractivity contribution in [3.05, 3.63) is 22.6 Å². The van der Waals surface area contributed by atoms with E-state index in [0.29, 0.717) is 0 Å². The molecule has 1 heterocycles. The second-order valence-corrected chi connectivity index (χ2v) is 4.27. The SMILES string of the molecule is CN(C)CCCNCc1ccoc1Br. The van der Waals surface area contributed by atoms with Gasteiger partial charge in [-0.2, -0.15) is 0 Å². The highest BCUT2D eigenvalue weighted by Crippen LogP contribution is 2.16. The predicted molar refractivity (Wildman–Crippen MR) is 61.3 cm³/mol. The van der Waals surface area contributed by atoms with Gasteiger partial charge in [0.1, 0.15) is 0 Å². The zero-order chi connectivity index (χ0) is 10.4. The Morgan fingerprint density at radius 2 is 2.29 bits per heavy atom. The summed E-state index contributed by atoms with van der Waals surface area (Å²) < 4.78 is 5.96. The summed E-state index contributed by atoms with van der Waals surface area (Å²) in [4.78, 5) is 2.19. The van der Waals surface area contributed by atoms with Crippen LogP contribution in [0.25, 0.3) is 0 Å². The third-order valence-electron chi connectivity index (χ3n) is 1.97. The first kappa shape index (κ1) is 11.8. The minimum atomic E-state index is 0.831. The Kier molecular flexibility index (Phi) is 5.22. The number of furan rings is 1. The highest BCUT2D eigenvalue weighted by Gasteiger charge is 2.00. The minimum Gasteiger partial charge on any atom is -0.457 e. The molecule has 0 aliphatic heterocycles. The average molecular weight is 261 g/mol. The van der Waals surface area contributed by atoms with E-state index in [9.17, 15) is 0 Å². The van der Waals surface area contributed by atoms with Gasteiger partial charge in [0, 0.05) is 12.1 Å². The van der Waals surface area contributed by atoms with Gasteiger partial charge in [0.2, 0.25) is 0 Å². The van der Waals surface area contributed by atoms with Crippen LogP contribution in [0.15, 0.2) is 21.4 Å². The van der Waals surface area contributed by atoms with Gasteiger partial charge in [-0.25, -0.2) is 0 Å². The van der Waals surface area contributed by atoms with Crippen molar-refractivity contribution in [2.24, 2.45) is 0 Å². The van der Waals surface area contributed by atoms with E-state index in [0.717, 1.165) is 24.3 Å². The van der Waals surface area contributed by atoms with Crippen molar-refractivity contribution in [2.45, 2.75) is 13.0 Å². The zero-order valence-electron chi connectivity index (χ0n) is 8.72. The lowest BCUT2D eigenvalue weighted by Gasteiger charge is -2.09. The number of nitrogens with zero attached hydrogens (tertiary/aromatic N) is 1. The van der Waals surface area contributed by atoms with Crippen LogP contribution in [0.1, 0.15) is 12.0 Å². The molecule has 3 nitrogen and oxygen atoms in total. The molecule has 1 N–H and O–H groups in total. The first-order chi connectivity index (χ1) is 6.70. The Hall–Kier alpha value is -0.320. The predicted octanol–water partition coefficient (Wildman–Crippen LogP) is 2.08. The van der Waals surface area contributed by atoms with E-state index in [-0.39, 0.29) is 0 Å². The molecule has 0 aromatic carbocycles. The molecule has 0 amide bonds. The molecule has 1 rings (SSSR count). The van der Waals surface area contributed by atoms with Gasteiger partial charge in [-0.3, -0.25) is 0 Å². The van der Waals surface area contributed by atoms with E-state index >= 15 is 0 Å². The van der Waals surface area contributed by atoms with Gasteiger partial charge in [-0.15, -0.1) is 0 Å². The summed E-state index contributed by atoms with van der Waals surface area (Å²) in [7, 11) is 4.18. The summed E-state index contributed by atoms with van der Waals surface area (Å²) in [6.07, 6.45) is 2.86. The Morgan fingerprint density at radius 1 is 1.50 bits per heavy atom. The monoisotopic (exact) mass is 260 g/mol. The summed E-state index contributed by atoms with van der Waals surface area (Å²) in [6, 6.07) is 1.98. The average Bonchev–Trinajstić information content (AvgIpc) is 2.51. The second kappa shape index (κ2) is 6.22. The Balaban J connectivity index is 2.08. The number of rotatable bonds is 6. The normalized spacial score (nSPS) is 11.1. The molecule has 0 unspecified atom stereocenters. The second-order valence-electron chi connectivity index (χ2n) is 3.55. The molecule has 1 aromatic rings. The molecular formula is C10H17BrN2O. The number of halogens is 1. The maximum atomic E-state index is 5.13. The fourth-order valence-corrected chi connectivity index (χ4v) is 1.57. The van der Waals surface area contributed by atoms with Gasteiger partial charge in [0.05, 0.1) is 6.26 Å². The largest absolute Gasteiger partial charge is 0.457 e. The van der Waals surface area contributed by atoms with Crippen molar-refractivity contribution in [3.8, 4) is 0 Å². The summed E-state index contributed by atoms with van der Waals surface area (Å²) in [5.74, 6) is 0. The Bertz CT molecular complexity index is 260. The zero-order valence-corrected chi connectivity index (χ0v) is 10.3. The van der Waals surface area contributed by atoms with E-state index < -0.39 is 0 Å². The third kappa shape index (κ3) is 4.26. The van der Waals surface area contributed by atoms with Gasteiger partial charge in [0.15, 0.2) is 4.67 Å². The van der Waals surface area contributed by atoms with Crippen LogP contribution in [0, 0.1) is 0 Å². The molecule has 0 aliphatic carbocycles. The molecule has 0 saturated heterocycles. The highest BCUT2D eigenvalue weighted by molar-refractivity contribution is 9.10. The van der Waals surface area contributed by atoms with Crippen LogP contribution in [0.4, 0.5) is 0 Å². The van der Waals surface area contributed by atoms with E-state index in [1.807, 2.05) is 6.07 Å². The molecule has 0 atom stereocenters. The maximum absolute atomic E-state index is 5.13. The summed E-state index contributed by atoms with van der Waals surface area (Å²) >= 11 is 3.34. The maximum Gasteiger partial charge on any atom is 0.173 e. The number of hydrogen-bond donors (Lipinski definition) is 1. The molecule has 14 heavy (non-hydrogen) atoms. The lowest BCUT2D eigenvalue weighted by atomic mass is 10.3. The minimum absolute atomic E-state index is 0.831. The van der Waals surface area contributed by atoms with Gasteiger partial charge < -0.3 is 14.6 Å². The third-order valence-corrected chi connectivity index (χ3v) is 2.66. The molecule has 0 bridgehead atoms. The first-order valence-corrected chi connectivity index (χ1v) is 5.57. The number of nitrogens with one attached hydrogen (secondary N) is 1. The van der Waals surface area contributed by atoms with E-state index in [2.05, 4.69) is 40.2 Å². The van der Waals surface area contributed by atoms with Gasteiger partial charge in [-0.1, -0.05) is 0 Å². The molecule has 0 aliphatic rings. The Labute approximate surface area is 93.6 Å². The van der Waals surface area contributed by atoms with Crippen molar-refractivity contribution in [2.75, 3.05) is 27.2 Å². The molecular weight excluding hydrogens is 244 g/mol. The van der Waals surface area contributed by atoms with E-state index in [1.54, 1.807) is 6.26 Å². The smallest absolute Gasteiger partial charge is 0.173 e. The fourth-order valence-electron chi connectivity index (χ4n) is 1.19. The molecule has 4 heteroatoms. The van der Waals surface area contributed by atoms with Crippen molar-refractivity contribution in [1.29, 1.82) is 0 Å². The molecule has 0 spiro atoms.